The fourth-order valence-corrected chi connectivity index (χ4v) is 3.95. The van der Waals surface area contributed by atoms with Crippen molar-refractivity contribution in [1.82, 2.24) is 19.9 Å². The van der Waals surface area contributed by atoms with Crippen LogP contribution in [-0.4, -0.2) is 38.8 Å². The Kier molecular flexibility index (Phi) is 5.71. The summed E-state index contributed by atoms with van der Waals surface area (Å²) in [6.45, 7) is 2.71. The summed E-state index contributed by atoms with van der Waals surface area (Å²) < 4.78 is 39.2. The summed E-state index contributed by atoms with van der Waals surface area (Å²) in [6.07, 6.45) is 2.26. The highest BCUT2D eigenvalue weighted by Crippen LogP contribution is 2.34. The lowest BCUT2D eigenvalue weighted by atomic mass is 9.89. The van der Waals surface area contributed by atoms with Crippen molar-refractivity contribution in [3.63, 3.8) is 0 Å². The van der Waals surface area contributed by atoms with Gasteiger partial charge in [-0.2, -0.15) is 13.2 Å². The van der Waals surface area contributed by atoms with E-state index in [1.165, 1.54) is 12.1 Å². The number of likely N-dealkylation sites (tertiary alicyclic amines) is 1. The van der Waals surface area contributed by atoms with Crippen LogP contribution in [0.4, 0.5) is 13.2 Å². The summed E-state index contributed by atoms with van der Waals surface area (Å²) in [4.78, 5) is 27.7. The number of rotatable bonds is 3. The van der Waals surface area contributed by atoms with Crippen molar-refractivity contribution < 1.29 is 18.0 Å². The number of hydrogen-bond donors (Lipinski definition) is 0. The van der Waals surface area contributed by atoms with E-state index in [-0.39, 0.29) is 11.5 Å². The monoisotopic (exact) mass is 426 g/mol. The van der Waals surface area contributed by atoms with Crippen LogP contribution in [0.25, 0.3) is 11.1 Å². The second-order valence-corrected chi connectivity index (χ2v) is 7.62. The molecule has 1 fully saturated rings. The van der Waals surface area contributed by atoms with Crippen molar-refractivity contribution in [1.29, 1.82) is 0 Å². The van der Waals surface area contributed by atoms with E-state index in [1.54, 1.807) is 23.5 Å². The number of halogens is 3. The van der Waals surface area contributed by atoms with Gasteiger partial charge in [0, 0.05) is 48.7 Å². The highest BCUT2D eigenvalue weighted by atomic mass is 19.4. The minimum Gasteiger partial charge on any atom is -0.338 e. The molecule has 0 N–H and O–H groups in total. The summed E-state index contributed by atoms with van der Waals surface area (Å²) in [6, 6.07) is 8.35. The van der Waals surface area contributed by atoms with Crippen molar-refractivity contribution in [3.8, 4) is 11.1 Å². The fourth-order valence-electron chi connectivity index (χ4n) is 3.95. The van der Waals surface area contributed by atoms with E-state index < -0.39 is 17.6 Å². The zero-order valence-corrected chi connectivity index (χ0v) is 16.9. The normalized spacial score (nSPS) is 16.9. The largest absolute Gasteiger partial charge is 0.416 e. The number of carbonyl (C=O) groups is 1. The molecule has 0 unspecified atom stereocenters. The average Bonchev–Trinajstić information content (AvgIpc) is 2.79. The molecule has 0 saturated carbocycles. The van der Waals surface area contributed by atoms with E-state index in [0.29, 0.717) is 18.9 Å². The summed E-state index contributed by atoms with van der Waals surface area (Å²) in [5.74, 6) is 0.203. The molecule has 0 aliphatic carbocycles. The maximum Gasteiger partial charge on any atom is 0.416 e. The number of benzene rings is 1. The van der Waals surface area contributed by atoms with Crippen LogP contribution in [0.2, 0.25) is 0 Å². The van der Waals surface area contributed by atoms with Crippen LogP contribution in [0.5, 0.6) is 0 Å². The molecule has 1 aromatic carbocycles. The lowest BCUT2D eigenvalue weighted by molar-refractivity contribution is -0.137. The number of carbonyl (C=O) groups excluding carboxylic acids is 1. The Morgan fingerprint density at radius 1 is 1.16 bits per heavy atom. The first-order chi connectivity index (χ1) is 14.8. The third kappa shape index (κ3) is 4.57. The van der Waals surface area contributed by atoms with Crippen LogP contribution in [0, 0.1) is 6.92 Å². The van der Waals surface area contributed by atoms with E-state index in [4.69, 9.17) is 0 Å². The van der Waals surface area contributed by atoms with E-state index in [2.05, 4.69) is 15.0 Å². The molecule has 3 aromatic rings. The van der Waals surface area contributed by atoms with Crippen LogP contribution < -0.4 is 0 Å². The quantitative estimate of drug-likeness (QED) is 0.599. The van der Waals surface area contributed by atoms with Crippen molar-refractivity contribution in [3.05, 3.63) is 77.6 Å². The van der Waals surface area contributed by atoms with Gasteiger partial charge in [0.25, 0.3) is 5.91 Å². The Bertz CT molecular complexity index is 1090. The molecule has 0 spiro atoms. The first-order valence-corrected chi connectivity index (χ1v) is 10.0. The van der Waals surface area contributed by atoms with Crippen LogP contribution in [0.3, 0.4) is 0 Å². The van der Waals surface area contributed by atoms with Gasteiger partial charge >= 0.3 is 6.18 Å². The molecule has 8 heteroatoms. The Labute approximate surface area is 178 Å². The molecule has 5 nitrogen and oxygen atoms in total. The Hall–Kier alpha value is -3.29. The third-order valence-electron chi connectivity index (χ3n) is 5.46. The number of hydrogen-bond acceptors (Lipinski definition) is 4. The summed E-state index contributed by atoms with van der Waals surface area (Å²) in [5, 5.41) is 0. The smallest absolute Gasteiger partial charge is 0.338 e. The zero-order valence-electron chi connectivity index (χ0n) is 16.9. The number of piperidine rings is 1. The highest BCUT2D eigenvalue weighted by Gasteiger charge is 2.32. The number of aromatic nitrogens is 3. The highest BCUT2D eigenvalue weighted by molar-refractivity contribution is 5.94. The minimum atomic E-state index is -4.49. The van der Waals surface area contributed by atoms with E-state index in [0.717, 1.165) is 41.8 Å². The molecule has 0 bridgehead atoms. The minimum absolute atomic E-state index is 0.0339. The molecule has 2 aromatic heterocycles. The molecular formula is C23H21F3N4O. The average molecular weight is 426 g/mol. The Morgan fingerprint density at radius 2 is 1.94 bits per heavy atom. The van der Waals surface area contributed by atoms with Crippen molar-refractivity contribution >= 4 is 5.91 Å². The molecule has 1 aliphatic rings. The van der Waals surface area contributed by atoms with Gasteiger partial charge in [-0.25, -0.2) is 9.97 Å². The molecule has 1 amide bonds. The van der Waals surface area contributed by atoms with Gasteiger partial charge in [0.2, 0.25) is 0 Å². The second-order valence-electron chi connectivity index (χ2n) is 7.62. The first-order valence-electron chi connectivity index (χ1n) is 10.0. The maximum atomic E-state index is 13.1. The van der Waals surface area contributed by atoms with Gasteiger partial charge in [0.05, 0.1) is 11.3 Å². The lowest BCUT2D eigenvalue weighted by Gasteiger charge is -2.33. The molecule has 1 saturated heterocycles. The summed E-state index contributed by atoms with van der Waals surface area (Å²) >= 11 is 0. The fraction of sp³-hybridized carbons (Fsp3) is 0.304. The summed E-state index contributed by atoms with van der Waals surface area (Å²) in [5.41, 5.74) is 1.89. The Balaban J connectivity index is 1.62. The molecule has 3 heterocycles. The topological polar surface area (TPSA) is 59.0 Å². The second kappa shape index (κ2) is 8.45. The standard InChI is InChI=1S/C23H21F3N4O/c1-15-28-13-20(16-7-9-27-10-8-16)21(29-15)18-5-3-11-30(14-18)22(31)17-4-2-6-19(12-17)23(24,25)26/h2,4,6-10,12-13,18H,3,5,11,14H2,1H3/t18-/m0/s1. The van der Waals surface area contributed by atoms with Crippen LogP contribution in [0.1, 0.15) is 46.2 Å². The van der Waals surface area contributed by atoms with Gasteiger partial charge in [0.1, 0.15) is 5.82 Å². The number of pyridine rings is 1. The number of alkyl halides is 3. The van der Waals surface area contributed by atoms with Gasteiger partial charge in [-0.3, -0.25) is 9.78 Å². The Morgan fingerprint density at radius 3 is 2.68 bits per heavy atom. The maximum absolute atomic E-state index is 13.1. The van der Waals surface area contributed by atoms with Gasteiger partial charge < -0.3 is 4.90 Å². The van der Waals surface area contributed by atoms with E-state index in [1.807, 2.05) is 19.1 Å². The zero-order chi connectivity index (χ0) is 22.0. The summed E-state index contributed by atoms with van der Waals surface area (Å²) in [7, 11) is 0. The van der Waals surface area contributed by atoms with Crippen LogP contribution in [0.15, 0.2) is 55.0 Å². The van der Waals surface area contributed by atoms with Gasteiger partial charge in [0.15, 0.2) is 0 Å². The first kappa shape index (κ1) is 21.0. The predicted octanol–water partition coefficient (Wildman–Crippen LogP) is 4.89. The van der Waals surface area contributed by atoms with Gasteiger partial charge in [-0.15, -0.1) is 0 Å². The molecule has 160 valence electrons. The van der Waals surface area contributed by atoms with E-state index >= 15 is 0 Å². The SMILES string of the molecule is Cc1ncc(-c2ccncc2)c([C@H]2CCCN(C(=O)c3cccc(C(F)(F)F)c3)C2)n1. The van der Waals surface area contributed by atoms with Gasteiger partial charge in [-0.1, -0.05) is 6.07 Å². The molecular weight excluding hydrogens is 405 g/mol. The number of nitrogens with zero attached hydrogens (tertiary/aromatic N) is 4. The predicted molar refractivity (Wildman–Crippen MR) is 109 cm³/mol. The lowest BCUT2D eigenvalue weighted by Crippen LogP contribution is -2.39. The van der Waals surface area contributed by atoms with Crippen molar-refractivity contribution in [2.24, 2.45) is 0 Å². The number of amides is 1. The molecule has 31 heavy (non-hydrogen) atoms. The van der Waals surface area contributed by atoms with E-state index in [9.17, 15) is 18.0 Å². The van der Waals surface area contributed by atoms with Crippen molar-refractivity contribution in [2.45, 2.75) is 31.9 Å². The molecule has 1 atom stereocenters. The third-order valence-corrected chi connectivity index (χ3v) is 5.46. The van der Waals surface area contributed by atoms with Crippen LogP contribution >= 0.6 is 0 Å². The molecule has 1 aliphatic heterocycles. The van der Waals surface area contributed by atoms with Crippen molar-refractivity contribution in [2.75, 3.05) is 13.1 Å². The molecule has 4 rings (SSSR count). The number of aryl methyl sites for hydroxylation is 1. The van der Waals surface area contributed by atoms with Crippen LogP contribution in [-0.2, 0) is 6.18 Å². The molecule has 0 radical (unpaired) electrons. The van der Waals surface area contributed by atoms with Gasteiger partial charge in [-0.05, 0) is 55.7 Å².